The Morgan fingerprint density at radius 3 is 2.63 bits per heavy atom. The van der Waals surface area contributed by atoms with Crippen LogP contribution in [-0.4, -0.2) is 46.7 Å². The smallest absolute Gasteiger partial charge is 0.235 e. The minimum Gasteiger partial charge on any atom is -0.389 e. The van der Waals surface area contributed by atoms with Crippen LogP contribution >= 0.6 is 0 Å². The molecule has 1 amide bonds. The molecule has 108 valence electrons. The molecule has 0 radical (unpaired) electrons. The Kier molecular flexibility index (Phi) is 5.39. The van der Waals surface area contributed by atoms with Crippen LogP contribution < -0.4 is 5.32 Å². The Morgan fingerprint density at radius 2 is 2.16 bits per heavy atom. The number of rotatable bonds is 5. The lowest BCUT2D eigenvalue weighted by atomic mass is 9.93. The lowest BCUT2D eigenvalue weighted by molar-refractivity contribution is -0.125. The second kappa shape index (κ2) is 6.40. The van der Waals surface area contributed by atoms with E-state index in [1.807, 2.05) is 25.7 Å². The van der Waals surface area contributed by atoms with Gasteiger partial charge in [0.15, 0.2) is 0 Å². The molecular weight excluding hydrogens is 240 g/mol. The highest BCUT2D eigenvalue weighted by Crippen LogP contribution is 2.20. The van der Waals surface area contributed by atoms with Gasteiger partial charge in [0.1, 0.15) is 5.54 Å². The SMILES string of the molecule is C#CC(CC)(CC)NC(=O)CN1CCCC(C)(O)C1. The molecule has 1 aliphatic heterocycles. The third-order valence-corrected chi connectivity index (χ3v) is 3.98. The fraction of sp³-hybridized carbons (Fsp3) is 0.800. The zero-order valence-electron chi connectivity index (χ0n) is 12.3. The van der Waals surface area contributed by atoms with Gasteiger partial charge in [0.2, 0.25) is 5.91 Å². The molecule has 0 aromatic carbocycles. The summed E-state index contributed by atoms with van der Waals surface area (Å²) < 4.78 is 0. The Labute approximate surface area is 116 Å². The molecule has 1 rings (SSSR count). The van der Waals surface area contributed by atoms with E-state index in [4.69, 9.17) is 6.42 Å². The zero-order valence-corrected chi connectivity index (χ0v) is 12.3. The molecule has 4 heteroatoms. The molecule has 1 atom stereocenters. The number of terminal acetylenes is 1. The van der Waals surface area contributed by atoms with E-state index in [1.54, 1.807) is 0 Å². The van der Waals surface area contributed by atoms with Crippen molar-refractivity contribution in [2.45, 2.75) is 57.6 Å². The van der Waals surface area contributed by atoms with Gasteiger partial charge in [-0.15, -0.1) is 6.42 Å². The lowest BCUT2D eigenvalue weighted by Gasteiger charge is -2.37. The van der Waals surface area contributed by atoms with E-state index < -0.39 is 11.1 Å². The molecule has 4 nitrogen and oxygen atoms in total. The molecule has 1 heterocycles. The van der Waals surface area contributed by atoms with Gasteiger partial charge in [-0.3, -0.25) is 9.69 Å². The number of nitrogens with one attached hydrogen (secondary N) is 1. The first-order valence-corrected chi connectivity index (χ1v) is 7.10. The van der Waals surface area contributed by atoms with E-state index in [-0.39, 0.29) is 5.91 Å². The number of amides is 1. The van der Waals surface area contributed by atoms with Crippen molar-refractivity contribution in [3.63, 3.8) is 0 Å². The van der Waals surface area contributed by atoms with Gasteiger partial charge in [-0.25, -0.2) is 0 Å². The molecule has 2 N–H and O–H groups in total. The summed E-state index contributed by atoms with van der Waals surface area (Å²) in [5, 5.41) is 13.0. The minimum absolute atomic E-state index is 0.0562. The molecule has 0 saturated carbocycles. The van der Waals surface area contributed by atoms with E-state index in [9.17, 15) is 9.90 Å². The van der Waals surface area contributed by atoms with Gasteiger partial charge < -0.3 is 10.4 Å². The molecule has 1 saturated heterocycles. The maximum absolute atomic E-state index is 12.1. The fourth-order valence-corrected chi connectivity index (χ4v) is 2.63. The summed E-state index contributed by atoms with van der Waals surface area (Å²) in [5.41, 5.74) is -1.22. The van der Waals surface area contributed by atoms with E-state index in [2.05, 4.69) is 11.2 Å². The molecular formula is C15H26N2O2. The number of aliphatic hydroxyl groups is 1. The Morgan fingerprint density at radius 1 is 1.53 bits per heavy atom. The zero-order chi connectivity index (χ0) is 14.5. The third kappa shape index (κ3) is 4.52. The molecule has 1 fully saturated rings. The molecule has 19 heavy (non-hydrogen) atoms. The topological polar surface area (TPSA) is 52.6 Å². The van der Waals surface area contributed by atoms with E-state index >= 15 is 0 Å². The molecule has 1 unspecified atom stereocenters. The highest BCUT2D eigenvalue weighted by molar-refractivity contribution is 5.79. The predicted octanol–water partition coefficient (Wildman–Crippen LogP) is 1.14. The molecule has 0 aliphatic carbocycles. The first kappa shape index (κ1) is 16.0. The average Bonchev–Trinajstić information content (AvgIpc) is 2.35. The lowest BCUT2D eigenvalue weighted by Crippen LogP contribution is -2.53. The molecule has 0 spiro atoms. The van der Waals surface area contributed by atoms with Crippen molar-refractivity contribution in [3.05, 3.63) is 0 Å². The number of β-amino-alcohol motifs (C(OH)–C–C–N with tert-alkyl or cyclic N) is 1. The van der Waals surface area contributed by atoms with Crippen LogP contribution in [0.25, 0.3) is 0 Å². The van der Waals surface area contributed by atoms with Crippen molar-refractivity contribution in [1.29, 1.82) is 0 Å². The quantitative estimate of drug-likeness (QED) is 0.734. The maximum atomic E-state index is 12.1. The van der Waals surface area contributed by atoms with Gasteiger partial charge in [-0.2, -0.15) is 0 Å². The predicted molar refractivity (Wildman–Crippen MR) is 76.6 cm³/mol. The van der Waals surface area contributed by atoms with Gasteiger partial charge in [-0.05, 0) is 39.2 Å². The van der Waals surface area contributed by atoms with Crippen LogP contribution in [0.4, 0.5) is 0 Å². The van der Waals surface area contributed by atoms with Crippen molar-refractivity contribution in [1.82, 2.24) is 10.2 Å². The van der Waals surface area contributed by atoms with Gasteiger partial charge >= 0.3 is 0 Å². The average molecular weight is 266 g/mol. The Balaban J connectivity index is 2.54. The summed E-state index contributed by atoms with van der Waals surface area (Å²) >= 11 is 0. The summed E-state index contributed by atoms with van der Waals surface area (Å²) in [6.45, 7) is 7.48. The van der Waals surface area contributed by atoms with Crippen LogP contribution in [0.15, 0.2) is 0 Å². The Hall–Kier alpha value is -1.05. The summed E-state index contributed by atoms with van der Waals surface area (Å²) in [6, 6.07) is 0. The van der Waals surface area contributed by atoms with Gasteiger partial charge in [-0.1, -0.05) is 19.8 Å². The van der Waals surface area contributed by atoms with Crippen LogP contribution in [0.2, 0.25) is 0 Å². The first-order chi connectivity index (χ1) is 8.86. The summed E-state index contributed by atoms with van der Waals surface area (Å²) in [5.74, 6) is 2.64. The van der Waals surface area contributed by atoms with Gasteiger partial charge in [0, 0.05) is 6.54 Å². The third-order valence-electron chi connectivity index (χ3n) is 3.98. The number of likely N-dealkylation sites (tertiary alicyclic amines) is 1. The second-order valence-corrected chi connectivity index (χ2v) is 5.79. The van der Waals surface area contributed by atoms with Gasteiger partial charge in [0.25, 0.3) is 0 Å². The fourth-order valence-electron chi connectivity index (χ4n) is 2.63. The van der Waals surface area contributed by atoms with Crippen LogP contribution in [0, 0.1) is 12.3 Å². The first-order valence-electron chi connectivity index (χ1n) is 7.10. The molecule has 0 bridgehead atoms. The van der Waals surface area contributed by atoms with Crippen LogP contribution in [0.1, 0.15) is 46.5 Å². The normalized spacial score (nSPS) is 24.8. The number of carbonyl (C=O) groups excluding carboxylic acids is 1. The summed E-state index contributed by atoms with van der Waals surface area (Å²) in [6.07, 6.45) is 8.70. The molecule has 0 aromatic heterocycles. The van der Waals surface area contributed by atoms with Crippen LogP contribution in [0.5, 0.6) is 0 Å². The molecule has 1 aliphatic rings. The van der Waals surface area contributed by atoms with Crippen molar-refractivity contribution >= 4 is 5.91 Å². The van der Waals surface area contributed by atoms with Crippen molar-refractivity contribution < 1.29 is 9.90 Å². The monoisotopic (exact) mass is 266 g/mol. The largest absolute Gasteiger partial charge is 0.389 e. The second-order valence-electron chi connectivity index (χ2n) is 5.79. The summed E-state index contributed by atoms with van der Waals surface area (Å²) in [7, 11) is 0. The Bertz CT molecular complexity index is 354. The highest BCUT2D eigenvalue weighted by atomic mass is 16.3. The highest BCUT2D eigenvalue weighted by Gasteiger charge is 2.31. The number of hydrogen-bond acceptors (Lipinski definition) is 3. The number of nitrogens with zero attached hydrogens (tertiary/aromatic N) is 1. The van der Waals surface area contributed by atoms with E-state index in [0.29, 0.717) is 13.1 Å². The van der Waals surface area contributed by atoms with Crippen molar-refractivity contribution in [2.75, 3.05) is 19.6 Å². The van der Waals surface area contributed by atoms with Crippen LogP contribution in [-0.2, 0) is 4.79 Å². The summed E-state index contributed by atoms with van der Waals surface area (Å²) in [4.78, 5) is 14.1. The molecule has 0 aromatic rings. The number of piperidine rings is 1. The standard InChI is InChI=1S/C15H26N2O2/c1-5-15(6-2,7-3)16-13(18)11-17-10-8-9-14(4,19)12-17/h1,19H,6-12H2,2-4H3,(H,16,18). The minimum atomic E-state index is -0.683. The van der Waals surface area contributed by atoms with Crippen LogP contribution in [0.3, 0.4) is 0 Å². The van der Waals surface area contributed by atoms with Crippen molar-refractivity contribution in [3.8, 4) is 12.3 Å². The van der Waals surface area contributed by atoms with E-state index in [1.165, 1.54) is 0 Å². The van der Waals surface area contributed by atoms with Crippen molar-refractivity contribution in [2.24, 2.45) is 0 Å². The number of carbonyl (C=O) groups is 1. The van der Waals surface area contributed by atoms with Gasteiger partial charge in [0.05, 0.1) is 12.1 Å². The van der Waals surface area contributed by atoms with E-state index in [0.717, 1.165) is 32.2 Å². The number of hydrogen-bond donors (Lipinski definition) is 2. The maximum Gasteiger partial charge on any atom is 0.235 e.